The molecule has 0 aliphatic rings. The maximum Gasteiger partial charge on any atom is 0.0599 e. The van der Waals surface area contributed by atoms with Crippen LogP contribution in [0.15, 0.2) is 40.9 Å². The van der Waals surface area contributed by atoms with Gasteiger partial charge in [-0.25, -0.2) is 0 Å². The first kappa shape index (κ1) is 16.8. The van der Waals surface area contributed by atoms with Gasteiger partial charge in [-0.2, -0.15) is 0 Å². The molecule has 0 saturated carbocycles. The summed E-state index contributed by atoms with van der Waals surface area (Å²) in [5.41, 5.74) is 10.2. The van der Waals surface area contributed by atoms with Crippen LogP contribution < -0.4 is 5.73 Å². The van der Waals surface area contributed by atoms with E-state index in [1.54, 1.807) is 0 Å². The van der Waals surface area contributed by atoms with Crippen LogP contribution in [0.25, 0.3) is 22.2 Å². The number of fused-ring (bicyclic) bond motifs is 1. The highest BCUT2D eigenvalue weighted by Crippen LogP contribution is 2.35. The summed E-state index contributed by atoms with van der Waals surface area (Å²) in [6, 6.07) is 12.0. The molecule has 3 rings (SSSR count). The van der Waals surface area contributed by atoms with E-state index >= 15 is 0 Å². The molecule has 0 atom stereocenters. The highest BCUT2D eigenvalue weighted by molar-refractivity contribution is 9.10. The first-order chi connectivity index (χ1) is 11.1. The van der Waals surface area contributed by atoms with E-state index in [0.717, 1.165) is 40.5 Å². The van der Waals surface area contributed by atoms with E-state index in [4.69, 9.17) is 28.9 Å². The third-order valence-electron chi connectivity index (χ3n) is 3.96. The van der Waals surface area contributed by atoms with Crippen molar-refractivity contribution in [3.05, 3.63) is 56.5 Å². The van der Waals surface area contributed by atoms with Crippen LogP contribution in [0.2, 0.25) is 10.0 Å². The predicted octanol–water partition coefficient (Wildman–Crippen LogP) is 6.19. The lowest BCUT2D eigenvalue weighted by Gasteiger charge is -2.06. The van der Waals surface area contributed by atoms with Crippen molar-refractivity contribution in [3.63, 3.8) is 0 Å². The number of aromatic nitrogens is 1. The summed E-state index contributed by atoms with van der Waals surface area (Å²) >= 11 is 15.8. The molecule has 1 heterocycles. The number of hydrogen-bond acceptors (Lipinski definition) is 1. The van der Waals surface area contributed by atoms with E-state index in [2.05, 4.69) is 33.0 Å². The zero-order chi connectivity index (χ0) is 16.4. The predicted molar refractivity (Wildman–Crippen MR) is 103 cm³/mol. The van der Waals surface area contributed by atoms with E-state index in [-0.39, 0.29) is 0 Å². The normalized spacial score (nSPS) is 11.3. The smallest absolute Gasteiger partial charge is 0.0599 e. The zero-order valence-corrected chi connectivity index (χ0v) is 15.6. The van der Waals surface area contributed by atoms with Crippen molar-refractivity contribution in [1.82, 2.24) is 4.98 Å². The number of halogens is 3. The Balaban J connectivity index is 2.13. The van der Waals surface area contributed by atoms with E-state index in [1.807, 2.05) is 24.3 Å². The zero-order valence-electron chi connectivity index (χ0n) is 12.5. The van der Waals surface area contributed by atoms with Crippen LogP contribution in [0.1, 0.15) is 18.4 Å². The second kappa shape index (κ2) is 7.27. The monoisotopic (exact) mass is 410 g/mol. The molecule has 0 amide bonds. The van der Waals surface area contributed by atoms with Gasteiger partial charge in [0.1, 0.15) is 0 Å². The summed E-state index contributed by atoms with van der Waals surface area (Å²) in [7, 11) is 0. The fourth-order valence-electron chi connectivity index (χ4n) is 2.82. The molecule has 0 unspecified atom stereocenters. The highest BCUT2D eigenvalue weighted by Gasteiger charge is 2.14. The first-order valence-corrected chi connectivity index (χ1v) is 9.10. The minimum absolute atomic E-state index is 0.567. The van der Waals surface area contributed by atoms with Gasteiger partial charge in [0.15, 0.2) is 0 Å². The van der Waals surface area contributed by atoms with Gasteiger partial charge in [0, 0.05) is 21.1 Å². The number of hydrogen-bond donors (Lipinski definition) is 2. The quantitative estimate of drug-likeness (QED) is 0.483. The van der Waals surface area contributed by atoms with Crippen molar-refractivity contribution >= 4 is 50.0 Å². The maximum atomic E-state index is 6.20. The molecule has 3 N–H and O–H groups in total. The maximum absolute atomic E-state index is 6.20. The molecule has 0 aliphatic carbocycles. The topological polar surface area (TPSA) is 41.8 Å². The average molecular weight is 412 g/mol. The summed E-state index contributed by atoms with van der Waals surface area (Å²) in [4.78, 5) is 3.53. The Morgan fingerprint density at radius 2 is 1.83 bits per heavy atom. The molecule has 2 nitrogen and oxygen atoms in total. The van der Waals surface area contributed by atoms with Crippen molar-refractivity contribution in [2.75, 3.05) is 6.54 Å². The van der Waals surface area contributed by atoms with Gasteiger partial charge in [-0.3, -0.25) is 0 Å². The second-order valence-corrected chi connectivity index (χ2v) is 7.27. The lowest BCUT2D eigenvalue weighted by Crippen LogP contribution is -1.99. The number of nitrogens with two attached hydrogens (primary N) is 1. The minimum Gasteiger partial charge on any atom is -0.354 e. The van der Waals surface area contributed by atoms with Crippen molar-refractivity contribution in [2.24, 2.45) is 5.73 Å². The third-order valence-corrected chi connectivity index (χ3v) is 5.19. The molecule has 0 fully saturated rings. The van der Waals surface area contributed by atoms with Crippen molar-refractivity contribution in [2.45, 2.75) is 19.3 Å². The molecule has 0 aliphatic heterocycles. The molecular formula is C18H17BrCl2N2. The summed E-state index contributed by atoms with van der Waals surface area (Å²) in [6.45, 7) is 0.716. The fraction of sp³-hybridized carbons (Fsp3) is 0.222. The molecule has 120 valence electrons. The number of H-pyrrole nitrogens is 1. The van der Waals surface area contributed by atoms with E-state index in [1.165, 1.54) is 10.9 Å². The minimum atomic E-state index is 0.567. The molecule has 2 aromatic carbocycles. The Labute approximate surface area is 154 Å². The van der Waals surface area contributed by atoms with Gasteiger partial charge in [0.2, 0.25) is 0 Å². The largest absolute Gasteiger partial charge is 0.354 e. The lowest BCUT2D eigenvalue weighted by molar-refractivity contribution is 0.748. The van der Waals surface area contributed by atoms with Crippen LogP contribution in [-0.4, -0.2) is 11.5 Å². The van der Waals surface area contributed by atoms with Gasteiger partial charge in [0.25, 0.3) is 0 Å². The first-order valence-electron chi connectivity index (χ1n) is 7.55. The summed E-state index contributed by atoms with van der Waals surface area (Å²) in [6.07, 6.45) is 3.05. The number of benzene rings is 2. The van der Waals surface area contributed by atoms with Gasteiger partial charge in [-0.15, -0.1) is 0 Å². The van der Waals surface area contributed by atoms with E-state index in [9.17, 15) is 0 Å². The van der Waals surface area contributed by atoms with Crippen molar-refractivity contribution < 1.29 is 0 Å². The van der Waals surface area contributed by atoms with E-state index in [0.29, 0.717) is 16.6 Å². The van der Waals surface area contributed by atoms with Gasteiger partial charge in [0.05, 0.1) is 10.0 Å². The fourth-order valence-corrected chi connectivity index (χ4v) is 3.48. The number of aromatic amines is 1. The molecule has 5 heteroatoms. The molecular weight excluding hydrogens is 395 g/mol. The summed E-state index contributed by atoms with van der Waals surface area (Å²) < 4.78 is 1.07. The van der Waals surface area contributed by atoms with Crippen LogP contribution >= 0.6 is 39.1 Å². The number of unbranched alkanes of at least 4 members (excludes halogenated alkanes) is 1. The Hall–Kier alpha value is -1.000. The van der Waals surface area contributed by atoms with E-state index < -0.39 is 0 Å². The Morgan fingerprint density at radius 1 is 1.00 bits per heavy atom. The average Bonchev–Trinajstić information content (AvgIpc) is 2.88. The van der Waals surface area contributed by atoms with Crippen LogP contribution in [0.3, 0.4) is 0 Å². The third kappa shape index (κ3) is 3.58. The standard InChI is InChI=1S/C18H17BrCl2N2/c19-12-5-7-17-14(10-12)13(3-1-2-8-22)18(23-17)11-4-6-15(20)16(21)9-11/h4-7,9-10,23H,1-3,8,22H2. The van der Waals surface area contributed by atoms with Gasteiger partial charge >= 0.3 is 0 Å². The van der Waals surface area contributed by atoms with Gasteiger partial charge < -0.3 is 10.7 Å². The number of aryl methyl sites for hydroxylation is 1. The van der Waals surface area contributed by atoms with Crippen molar-refractivity contribution in [3.8, 4) is 11.3 Å². The van der Waals surface area contributed by atoms with Crippen LogP contribution in [0, 0.1) is 0 Å². The number of rotatable bonds is 5. The number of nitrogens with one attached hydrogen (secondary N) is 1. The van der Waals surface area contributed by atoms with Gasteiger partial charge in [-0.05, 0) is 67.3 Å². The molecule has 3 aromatic rings. The Morgan fingerprint density at radius 3 is 2.57 bits per heavy atom. The Kier molecular flexibility index (Phi) is 5.32. The van der Waals surface area contributed by atoms with Crippen LogP contribution in [0.4, 0.5) is 0 Å². The molecule has 0 bridgehead atoms. The lowest BCUT2D eigenvalue weighted by atomic mass is 10.0. The van der Waals surface area contributed by atoms with Crippen LogP contribution in [-0.2, 0) is 6.42 Å². The SMILES string of the molecule is NCCCCc1c(-c2ccc(Cl)c(Cl)c2)[nH]c2ccc(Br)cc12. The van der Waals surface area contributed by atoms with Gasteiger partial charge in [-0.1, -0.05) is 45.2 Å². The second-order valence-electron chi connectivity index (χ2n) is 5.54. The molecule has 1 aromatic heterocycles. The van der Waals surface area contributed by atoms with Crippen LogP contribution in [0.5, 0.6) is 0 Å². The molecule has 0 spiro atoms. The van der Waals surface area contributed by atoms with Crippen molar-refractivity contribution in [1.29, 1.82) is 0 Å². The molecule has 0 radical (unpaired) electrons. The Bertz CT molecular complexity index is 842. The summed E-state index contributed by atoms with van der Waals surface area (Å²) in [5.74, 6) is 0. The molecule has 0 saturated heterocycles. The highest BCUT2D eigenvalue weighted by atomic mass is 79.9. The molecule has 23 heavy (non-hydrogen) atoms. The summed E-state index contributed by atoms with van der Waals surface area (Å²) in [5, 5.41) is 2.37.